The molecule has 1 amide bonds. The number of rotatable bonds is 1. The molecule has 2 heterocycles. The lowest BCUT2D eigenvalue weighted by Crippen LogP contribution is -2.31. The Balaban J connectivity index is 2.37. The predicted octanol–water partition coefficient (Wildman–Crippen LogP) is 0.996. The molecule has 6 heteroatoms. The van der Waals surface area contributed by atoms with Gasteiger partial charge in [0.15, 0.2) is 12.0 Å². The summed E-state index contributed by atoms with van der Waals surface area (Å²) in [4.78, 5) is 16.2. The van der Waals surface area contributed by atoms with Crippen LogP contribution in [-0.4, -0.2) is 11.9 Å². The van der Waals surface area contributed by atoms with Crippen LogP contribution in [0.4, 0.5) is 0 Å². The number of hydrogen-bond acceptors (Lipinski definition) is 4. The number of amides is 1. The highest BCUT2D eigenvalue weighted by atomic mass is 79.9. The molecule has 0 fully saturated rings. The van der Waals surface area contributed by atoms with Gasteiger partial charge >= 0.3 is 0 Å². The molecule has 0 aliphatic carbocycles. The molecule has 0 bridgehead atoms. The summed E-state index contributed by atoms with van der Waals surface area (Å²) >= 11 is 4.83. The molecular formula is C7H6BrN3OS. The summed E-state index contributed by atoms with van der Waals surface area (Å²) in [5.41, 5.74) is 5.38. The van der Waals surface area contributed by atoms with Crippen LogP contribution in [0.2, 0.25) is 0 Å². The lowest BCUT2D eigenvalue weighted by atomic mass is 10.2. The van der Waals surface area contributed by atoms with E-state index in [-0.39, 0.29) is 11.9 Å². The number of carbonyl (C=O) groups excluding carboxylic acids is 1. The molecule has 0 saturated heterocycles. The molecule has 1 unspecified atom stereocenters. The quantitative estimate of drug-likeness (QED) is 0.790. The van der Waals surface area contributed by atoms with Crippen LogP contribution in [0.5, 0.6) is 0 Å². The first-order valence-corrected chi connectivity index (χ1v) is 5.23. The van der Waals surface area contributed by atoms with Crippen molar-refractivity contribution in [1.82, 2.24) is 5.32 Å². The van der Waals surface area contributed by atoms with Crippen LogP contribution in [0.15, 0.2) is 20.9 Å². The molecule has 1 aliphatic heterocycles. The molecule has 0 saturated carbocycles. The van der Waals surface area contributed by atoms with Crippen molar-refractivity contribution in [2.24, 2.45) is 10.7 Å². The molecule has 1 aliphatic rings. The summed E-state index contributed by atoms with van der Waals surface area (Å²) in [6, 6.07) is 1.41. The highest BCUT2D eigenvalue weighted by Gasteiger charge is 2.28. The van der Waals surface area contributed by atoms with Gasteiger partial charge in [-0.1, -0.05) is 0 Å². The molecule has 0 radical (unpaired) electrons. The lowest BCUT2D eigenvalue weighted by molar-refractivity contribution is -0.120. The Morgan fingerprint density at radius 3 is 2.92 bits per heavy atom. The zero-order valence-electron chi connectivity index (χ0n) is 6.45. The first kappa shape index (κ1) is 8.71. The van der Waals surface area contributed by atoms with Crippen LogP contribution < -0.4 is 11.1 Å². The number of nitrogens with zero attached hydrogens (tertiary/aromatic N) is 1. The van der Waals surface area contributed by atoms with Gasteiger partial charge in [-0.05, 0) is 27.4 Å². The van der Waals surface area contributed by atoms with Crippen molar-refractivity contribution in [3.05, 3.63) is 20.8 Å². The van der Waals surface area contributed by atoms with Crippen molar-refractivity contribution in [1.29, 1.82) is 0 Å². The number of nitrogens with two attached hydrogens (primary N) is 1. The van der Waals surface area contributed by atoms with Crippen LogP contribution in [0.1, 0.15) is 10.9 Å². The van der Waals surface area contributed by atoms with Gasteiger partial charge in [-0.3, -0.25) is 10.1 Å². The Kier molecular flexibility index (Phi) is 2.09. The molecule has 0 spiro atoms. The summed E-state index contributed by atoms with van der Waals surface area (Å²) in [6.45, 7) is 0. The molecule has 1 aromatic heterocycles. The zero-order valence-corrected chi connectivity index (χ0v) is 8.85. The van der Waals surface area contributed by atoms with Crippen LogP contribution in [-0.2, 0) is 4.79 Å². The van der Waals surface area contributed by atoms with E-state index in [0.29, 0.717) is 0 Å². The Hall–Kier alpha value is -0.880. The molecule has 0 aromatic carbocycles. The molecule has 3 N–H and O–H groups in total. The van der Waals surface area contributed by atoms with Crippen molar-refractivity contribution in [2.75, 3.05) is 0 Å². The maximum absolute atomic E-state index is 11.3. The van der Waals surface area contributed by atoms with E-state index in [4.69, 9.17) is 5.73 Å². The van der Waals surface area contributed by atoms with E-state index in [9.17, 15) is 4.79 Å². The molecule has 1 aromatic rings. The van der Waals surface area contributed by atoms with Gasteiger partial charge in [0, 0.05) is 4.47 Å². The predicted molar refractivity (Wildman–Crippen MR) is 54.5 cm³/mol. The van der Waals surface area contributed by atoms with Crippen molar-refractivity contribution in [3.63, 3.8) is 0 Å². The average molecular weight is 260 g/mol. The highest BCUT2D eigenvalue weighted by Crippen LogP contribution is 2.32. The first-order chi connectivity index (χ1) is 6.18. The topological polar surface area (TPSA) is 67.5 Å². The fourth-order valence-electron chi connectivity index (χ4n) is 1.10. The van der Waals surface area contributed by atoms with Gasteiger partial charge in [-0.25, -0.2) is 4.99 Å². The second-order valence-electron chi connectivity index (χ2n) is 2.54. The van der Waals surface area contributed by atoms with Gasteiger partial charge in [0.1, 0.15) is 0 Å². The Labute approximate surface area is 87.0 Å². The van der Waals surface area contributed by atoms with E-state index in [1.807, 2.05) is 11.4 Å². The Morgan fingerprint density at radius 1 is 1.69 bits per heavy atom. The molecule has 4 nitrogen and oxygen atoms in total. The maximum Gasteiger partial charge on any atom is 0.257 e. The zero-order chi connectivity index (χ0) is 9.42. The van der Waals surface area contributed by atoms with Crippen LogP contribution in [0, 0.1) is 0 Å². The van der Waals surface area contributed by atoms with Crippen LogP contribution in [0.3, 0.4) is 0 Å². The van der Waals surface area contributed by atoms with Gasteiger partial charge in [-0.2, -0.15) is 0 Å². The fourth-order valence-corrected chi connectivity index (χ4v) is 2.73. The number of aliphatic imine (C=N–C) groups is 1. The number of hydrogen-bond donors (Lipinski definition) is 2. The number of halogens is 1. The van der Waals surface area contributed by atoms with Gasteiger partial charge < -0.3 is 5.73 Å². The molecular weight excluding hydrogens is 254 g/mol. The van der Waals surface area contributed by atoms with Gasteiger partial charge in [-0.15, -0.1) is 11.3 Å². The standard InChI is InChI=1S/C7H6BrN3OS/c8-3-1-2-13-5(3)4-6(12)11-7(9)10-4/h1-2,4H,(H3,9,10,11,12). The van der Waals surface area contributed by atoms with Gasteiger partial charge in [0.05, 0.1) is 4.88 Å². The molecule has 68 valence electrons. The van der Waals surface area contributed by atoms with Gasteiger partial charge in [0.25, 0.3) is 5.91 Å². The van der Waals surface area contributed by atoms with Gasteiger partial charge in [0.2, 0.25) is 0 Å². The summed E-state index contributed by atoms with van der Waals surface area (Å²) in [5, 5.41) is 4.36. The number of nitrogens with one attached hydrogen (secondary N) is 1. The fraction of sp³-hybridized carbons (Fsp3) is 0.143. The van der Waals surface area contributed by atoms with E-state index < -0.39 is 6.04 Å². The van der Waals surface area contributed by atoms with Crippen LogP contribution in [0.25, 0.3) is 0 Å². The van der Waals surface area contributed by atoms with Crippen molar-refractivity contribution < 1.29 is 4.79 Å². The van der Waals surface area contributed by atoms with E-state index in [1.54, 1.807) is 0 Å². The minimum atomic E-state index is -0.477. The minimum absolute atomic E-state index is 0.166. The molecule has 2 rings (SSSR count). The highest BCUT2D eigenvalue weighted by molar-refractivity contribution is 9.10. The lowest BCUT2D eigenvalue weighted by Gasteiger charge is -2.00. The number of carbonyl (C=O) groups is 1. The summed E-state index contributed by atoms with van der Waals surface area (Å²) in [6.07, 6.45) is 0. The second kappa shape index (κ2) is 3.12. The third kappa shape index (κ3) is 1.47. The van der Waals surface area contributed by atoms with E-state index in [2.05, 4.69) is 26.2 Å². The van der Waals surface area contributed by atoms with Crippen LogP contribution >= 0.6 is 27.3 Å². The van der Waals surface area contributed by atoms with E-state index in [0.717, 1.165) is 9.35 Å². The van der Waals surface area contributed by atoms with Crippen molar-refractivity contribution in [2.45, 2.75) is 6.04 Å². The summed E-state index contributed by atoms with van der Waals surface area (Å²) in [5.74, 6) is 0.0240. The van der Waals surface area contributed by atoms with Crippen molar-refractivity contribution >= 4 is 39.1 Å². The Morgan fingerprint density at radius 2 is 2.46 bits per heavy atom. The van der Waals surface area contributed by atoms with E-state index >= 15 is 0 Å². The second-order valence-corrected chi connectivity index (χ2v) is 4.34. The number of guanidine groups is 1. The molecule has 13 heavy (non-hydrogen) atoms. The normalized spacial score (nSPS) is 21.5. The number of thiophene rings is 1. The van der Waals surface area contributed by atoms with E-state index in [1.165, 1.54) is 11.3 Å². The smallest absolute Gasteiger partial charge is 0.257 e. The minimum Gasteiger partial charge on any atom is -0.370 e. The average Bonchev–Trinajstić information content (AvgIpc) is 2.58. The monoisotopic (exact) mass is 259 g/mol. The maximum atomic E-state index is 11.3. The Bertz CT molecular complexity index is 387. The first-order valence-electron chi connectivity index (χ1n) is 3.55. The van der Waals surface area contributed by atoms with Crippen molar-refractivity contribution in [3.8, 4) is 0 Å². The SMILES string of the molecule is NC1=NC(c2sccc2Br)C(=O)N1. The summed E-state index contributed by atoms with van der Waals surface area (Å²) in [7, 11) is 0. The third-order valence-electron chi connectivity index (χ3n) is 1.66. The third-order valence-corrected chi connectivity index (χ3v) is 3.58. The largest absolute Gasteiger partial charge is 0.370 e. The molecule has 1 atom stereocenters. The summed E-state index contributed by atoms with van der Waals surface area (Å²) < 4.78 is 0.899.